The van der Waals surface area contributed by atoms with Gasteiger partial charge in [-0.25, -0.2) is 13.8 Å². The summed E-state index contributed by atoms with van der Waals surface area (Å²) in [6.07, 6.45) is 2.22. The molecule has 30 heavy (non-hydrogen) atoms. The van der Waals surface area contributed by atoms with Crippen LogP contribution in [0.15, 0.2) is 41.5 Å². The molecule has 0 fully saturated rings. The molecule has 0 spiro atoms. The third-order valence-corrected chi connectivity index (χ3v) is 5.41. The van der Waals surface area contributed by atoms with Gasteiger partial charge in [0.1, 0.15) is 6.54 Å². The Labute approximate surface area is 174 Å². The summed E-state index contributed by atoms with van der Waals surface area (Å²) in [6, 6.07) is 9.26. The molecule has 0 unspecified atom stereocenters. The molecule has 2 aromatic carbocycles. The van der Waals surface area contributed by atoms with Crippen molar-refractivity contribution in [2.45, 2.75) is 13.8 Å². The average molecular weight is 434 g/mol. The first-order chi connectivity index (χ1) is 14.0. The molecule has 160 valence electrons. The van der Waals surface area contributed by atoms with E-state index in [1.807, 2.05) is 13.8 Å². The minimum absolute atomic E-state index is 0.0957. The summed E-state index contributed by atoms with van der Waals surface area (Å²) in [7, 11) is -2.39. The molecular weight excluding hydrogens is 412 g/mol. The van der Waals surface area contributed by atoms with Crippen molar-refractivity contribution >= 4 is 33.5 Å². The number of hydrazone groups is 1. The number of hydrogen-bond donors (Lipinski definition) is 1. The highest BCUT2D eigenvalue weighted by molar-refractivity contribution is 7.92. The van der Waals surface area contributed by atoms with Crippen LogP contribution in [0.5, 0.6) is 5.75 Å². The van der Waals surface area contributed by atoms with Crippen LogP contribution in [0, 0.1) is 24.0 Å². The number of amides is 1. The molecule has 1 amide bonds. The molecule has 0 aliphatic heterocycles. The van der Waals surface area contributed by atoms with E-state index >= 15 is 0 Å². The Kier molecular flexibility index (Phi) is 7.11. The molecule has 0 aliphatic carbocycles. The van der Waals surface area contributed by atoms with E-state index in [1.54, 1.807) is 18.2 Å². The standard InChI is InChI=1S/C19H22N4O6S/c1-13-5-7-16(9-14(13)2)22(30(4,27)28)12-19(24)21-20-11-15-6-8-18(29-3)17(10-15)23(25)26/h5-11H,12H2,1-4H3,(H,21,24). The first kappa shape index (κ1) is 22.8. The maximum atomic E-state index is 12.2. The lowest BCUT2D eigenvalue weighted by Crippen LogP contribution is -2.39. The van der Waals surface area contributed by atoms with Crippen molar-refractivity contribution in [1.82, 2.24) is 5.43 Å². The van der Waals surface area contributed by atoms with Crippen LogP contribution in [0.2, 0.25) is 0 Å². The Morgan fingerprint density at radius 2 is 1.93 bits per heavy atom. The van der Waals surface area contributed by atoms with E-state index in [-0.39, 0.29) is 11.4 Å². The van der Waals surface area contributed by atoms with E-state index in [9.17, 15) is 23.3 Å². The summed E-state index contributed by atoms with van der Waals surface area (Å²) in [5.41, 5.74) is 4.59. The molecular formula is C19H22N4O6S. The number of benzene rings is 2. The van der Waals surface area contributed by atoms with Crippen molar-refractivity contribution in [3.05, 3.63) is 63.2 Å². The maximum absolute atomic E-state index is 12.2. The van der Waals surface area contributed by atoms with Crippen LogP contribution in [-0.4, -0.2) is 45.4 Å². The van der Waals surface area contributed by atoms with Gasteiger partial charge >= 0.3 is 5.69 Å². The number of methoxy groups -OCH3 is 1. The van der Waals surface area contributed by atoms with Crippen molar-refractivity contribution in [2.75, 3.05) is 24.2 Å². The second kappa shape index (κ2) is 9.35. The normalized spacial score (nSPS) is 11.3. The van der Waals surface area contributed by atoms with E-state index in [2.05, 4.69) is 10.5 Å². The summed E-state index contributed by atoms with van der Waals surface area (Å²) in [5, 5.41) is 14.8. The van der Waals surface area contributed by atoms with Crippen molar-refractivity contribution in [2.24, 2.45) is 5.10 Å². The van der Waals surface area contributed by atoms with Gasteiger partial charge in [0.15, 0.2) is 5.75 Å². The zero-order valence-corrected chi connectivity index (χ0v) is 17.8. The van der Waals surface area contributed by atoms with Gasteiger partial charge in [-0.3, -0.25) is 19.2 Å². The Morgan fingerprint density at radius 1 is 1.23 bits per heavy atom. The molecule has 0 bridgehead atoms. The number of nitrogens with zero attached hydrogens (tertiary/aromatic N) is 3. The zero-order chi connectivity index (χ0) is 22.5. The van der Waals surface area contributed by atoms with E-state index in [4.69, 9.17) is 4.74 Å². The van der Waals surface area contributed by atoms with Gasteiger partial charge < -0.3 is 4.74 Å². The Hall–Kier alpha value is -3.47. The van der Waals surface area contributed by atoms with E-state index in [0.717, 1.165) is 21.7 Å². The first-order valence-electron chi connectivity index (χ1n) is 8.72. The van der Waals surface area contributed by atoms with Crippen LogP contribution in [0.25, 0.3) is 0 Å². The first-order valence-corrected chi connectivity index (χ1v) is 10.6. The highest BCUT2D eigenvalue weighted by Crippen LogP contribution is 2.26. The number of nitrogens with one attached hydrogen (secondary N) is 1. The van der Waals surface area contributed by atoms with Crippen molar-refractivity contribution in [1.29, 1.82) is 0 Å². The van der Waals surface area contributed by atoms with Crippen LogP contribution < -0.4 is 14.5 Å². The quantitative estimate of drug-likeness (QED) is 0.385. The van der Waals surface area contributed by atoms with E-state index in [1.165, 1.54) is 31.5 Å². The lowest BCUT2D eigenvalue weighted by molar-refractivity contribution is -0.385. The predicted octanol–water partition coefficient (Wildman–Crippen LogP) is 2.14. The predicted molar refractivity (Wildman–Crippen MR) is 113 cm³/mol. The highest BCUT2D eigenvalue weighted by Gasteiger charge is 2.21. The summed E-state index contributed by atoms with van der Waals surface area (Å²) >= 11 is 0. The van der Waals surface area contributed by atoms with Crippen LogP contribution in [0.1, 0.15) is 16.7 Å². The van der Waals surface area contributed by atoms with Gasteiger partial charge in [0.2, 0.25) is 10.0 Å². The van der Waals surface area contributed by atoms with Gasteiger partial charge in [0, 0.05) is 11.6 Å². The number of sulfonamides is 1. The molecule has 0 aliphatic rings. The minimum atomic E-state index is -3.71. The van der Waals surface area contributed by atoms with Crippen LogP contribution in [-0.2, 0) is 14.8 Å². The second-order valence-corrected chi connectivity index (χ2v) is 8.43. The van der Waals surface area contributed by atoms with Gasteiger partial charge in [-0.15, -0.1) is 0 Å². The van der Waals surface area contributed by atoms with Crippen molar-refractivity contribution < 1.29 is 22.9 Å². The fraction of sp³-hybridized carbons (Fsp3) is 0.263. The van der Waals surface area contributed by atoms with Crippen molar-refractivity contribution in [3.63, 3.8) is 0 Å². The monoisotopic (exact) mass is 434 g/mol. The Bertz CT molecular complexity index is 1100. The van der Waals surface area contributed by atoms with Gasteiger partial charge in [-0.05, 0) is 49.2 Å². The molecule has 0 atom stereocenters. The zero-order valence-electron chi connectivity index (χ0n) is 16.9. The van der Waals surface area contributed by atoms with Gasteiger partial charge in [0.25, 0.3) is 5.91 Å². The second-order valence-electron chi connectivity index (χ2n) is 6.52. The molecule has 10 nitrogen and oxygen atoms in total. The number of carbonyl (C=O) groups excluding carboxylic acids is 1. The number of carbonyl (C=O) groups is 1. The number of aryl methyl sites for hydroxylation is 2. The highest BCUT2D eigenvalue weighted by atomic mass is 32.2. The summed E-state index contributed by atoms with van der Waals surface area (Å²) in [6.45, 7) is 3.27. The fourth-order valence-electron chi connectivity index (χ4n) is 2.56. The number of anilines is 1. The lowest BCUT2D eigenvalue weighted by Gasteiger charge is -2.22. The Balaban J connectivity index is 2.14. The number of rotatable bonds is 8. The molecule has 2 aromatic rings. The summed E-state index contributed by atoms with van der Waals surface area (Å²) in [4.78, 5) is 22.7. The molecule has 0 heterocycles. The Morgan fingerprint density at radius 3 is 2.50 bits per heavy atom. The lowest BCUT2D eigenvalue weighted by atomic mass is 10.1. The van der Waals surface area contributed by atoms with Gasteiger partial charge in [-0.2, -0.15) is 5.10 Å². The summed E-state index contributed by atoms with van der Waals surface area (Å²) < 4.78 is 30.2. The molecule has 0 aromatic heterocycles. The number of ether oxygens (including phenoxy) is 1. The number of nitro groups is 1. The summed E-state index contributed by atoms with van der Waals surface area (Å²) in [5.74, 6) is -0.573. The fourth-order valence-corrected chi connectivity index (χ4v) is 3.40. The van der Waals surface area contributed by atoms with E-state index < -0.39 is 27.4 Å². The number of nitro benzene ring substituents is 1. The van der Waals surface area contributed by atoms with Crippen LogP contribution in [0.3, 0.4) is 0 Å². The topological polar surface area (TPSA) is 131 Å². The van der Waals surface area contributed by atoms with E-state index in [0.29, 0.717) is 11.3 Å². The van der Waals surface area contributed by atoms with Gasteiger partial charge in [0.05, 0.1) is 30.2 Å². The smallest absolute Gasteiger partial charge is 0.311 e. The maximum Gasteiger partial charge on any atom is 0.311 e. The third-order valence-electron chi connectivity index (χ3n) is 4.27. The SMILES string of the molecule is COc1ccc(C=NNC(=O)CN(c2ccc(C)c(C)c2)S(C)(=O)=O)cc1[N+](=O)[O-]. The molecule has 11 heteroatoms. The molecule has 0 saturated carbocycles. The average Bonchev–Trinajstić information content (AvgIpc) is 2.67. The number of hydrogen-bond acceptors (Lipinski definition) is 7. The van der Waals surface area contributed by atoms with Crippen LogP contribution in [0.4, 0.5) is 11.4 Å². The largest absolute Gasteiger partial charge is 0.490 e. The van der Waals surface area contributed by atoms with Gasteiger partial charge in [-0.1, -0.05) is 6.07 Å². The molecule has 0 saturated heterocycles. The molecule has 0 radical (unpaired) electrons. The van der Waals surface area contributed by atoms with Crippen molar-refractivity contribution in [3.8, 4) is 5.75 Å². The van der Waals surface area contributed by atoms with Crippen LogP contribution >= 0.6 is 0 Å². The minimum Gasteiger partial charge on any atom is -0.490 e. The third kappa shape index (κ3) is 5.77. The molecule has 2 rings (SSSR count). The molecule has 1 N–H and O–H groups in total.